The summed E-state index contributed by atoms with van der Waals surface area (Å²) in [6.45, 7) is 0. The molecule has 1 amide bonds. The van der Waals surface area contributed by atoms with Crippen molar-refractivity contribution in [2.24, 2.45) is 0 Å². The third-order valence-electron chi connectivity index (χ3n) is 4.47. The smallest absolute Gasteiger partial charge is 0.261 e. The molecular formula is C16H22ClNOS. The van der Waals surface area contributed by atoms with Crippen LogP contribution in [-0.4, -0.2) is 17.3 Å². The highest BCUT2D eigenvalue weighted by atomic mass is 35.5. The minimum absolute atomic E-state index is 0.0851. The average molecular weight is 312 g/mol. The van der Waals surface area contributed by atoms with E-state index in [1.807, 2.05) is 0 Å². The Morgan fingerprint density at radius 3 is 2.80 bits per heavy atom. The first-order chi connectivity index (χ1) is 9.74. The highest BCUT2D eigenvalue weighted by Gasteiger charge is 2.25. The lowest BCUT2D eigenvalue weighted by molar-refractivity contribution is 0.0938. The van der Waals surface area contributed by atoms with Crippen molar-refractivity contribution in [2.75, 3.05) is 0 Å². The molecule has 1 aromatic heterocycles. The topological polar surface area (TPSA) is 29.1 Å². The molecule has 0 saturated heterocycles. The van der Waals surface area contributed by atoms with Gasteiger partial charge in [-0.1, -0.05) is 19.3 Å². The highest BCUT2D eigenvalue weighted by Crippen LogP contribution is 2.30. The maximum atomic E-state index is 12.4. The zero-order valence-corrected chi connectivity index (χ0v) is 13.4. The molecule has 20 heavy (non-hydrogen) atoms. The quantitative estimate of drug-likeness (QED) is 0.640. The second-order valence-electron chi connectivity index (χ2n) is 6.00. The SMILES string of the molecule is O=C(NC1CCCCCC1Cl)c1cc2c(s1)CCCC2. The lowest BCUT2D eigenvalue weighted by Crippen LogP contribution is -2.40. The molecule has 0 radical (unpaired) electrons. The van der Waals surface area contributed by atoms with Crippen LogP contribution in [0.2, 0.25) is 0 Å². The van der Waals surface area contributed by atoms with Crippen molar-refractivity contribution in [3.05, 3.63) is 21.4 Å². The largest absolute Gasteiger partial charge is 0.347 e. The molecule has 0 aliphatic heterocycles. The van der Waals surface area contributed by atoms with Crippen LogP contribution in [-0.2, 0) is 12.8 Å². The van der Waals surface area contributed by atoms with E-state index in [9.17, 15) is 4.79 Å². The monoisotopic (exact) mass is 311 g/mol. The van der Waals surface area contributed by atoms with Crippen LogP contribution < -0.4 is 5.32 Å². The zero-order valence-electron chi connectivity index (χ0n) is 11.8. The van der Waals surface area contributed by atoms with Crippen LogP contribution in [0.5, 0.6) is 0 Å². The Morgan fingerprint density at radius 2 is 1.95 bits per heavy atom. The standard InChI is InChI=1S/C16H22ClNOS/c17-12-7-2-1-3-8-13(12)18-16(19)15-10-11-6-4-5-9-14(11)20-15/h10,12-13H,1-9H2,(H,18,19). The van der Waals surface area contributed by atoms with Gasteiger partial charge in [0.05, 0.1) is 10.3 Å². The third-order valence-corrected chi connectivity index (χ3v) is 6.23. The Bertz CT molecular complexity index is 461. The summed E-state index contributed by atoms with van der Waals surface area (Å²) in [5.41, 5.74) is 1.40. The molecule has 2 nitrogen and oxygen atoms in total. The van der Waals surface area contributed by atoms with E-state index >= 15 is 0 Å². The van der Waals surface area contributed by atoms with E-state index in [2.05, 4.69) is 11.4 Å². The predicted molar refractivity (Wildman–Crippen MR) is 84.9 cm³/mol. The van der Waals surface area contributed by atoms with E-state index < -0.39 is 0 Å². The number of carbonyl (C=O) groups excluding carboxylic acids is 1. The minimum atomic E-state index is 0.0851. The van der Waals surface area contributed by atoms with Gasteiger partial charge >= 0.3 is 0 Å². The second-order valence-corrected chi connectivity index (χ2v) is 7.70. The Morgan fingerprint density at radius 1 is 1.15 bits per heavy atom. The van der Waals surface area contributed by atoms with Crippen LogP contribution in [0.3, 0.4) is 0 Å². The first kappa shape index (κ1) is 14.4. The maximum absolute atomic E-state index is 12.4. The van der Waals surface area contributed by atoms with Crippen LogP contribution in [0.15, 0.2) is 6.07 Å². The van der Waals surface area contributed by atoms with Crippen LogP contribution in [0.25, 0.3) is 0 Å². The average Bonchev–Trinajstić information content (AvgIpc) is 2.79. The van der Waals surface area contributed by atoms with Gasteiger partial charge in [-0.05, 0) is 50.2 Å². The Kier molecular flexibility index (Phi) is 4.67. The number of nitrogens with one attached hydrogen (secondary N) is 1. The van der Waals surface area contributed by atoms with Crippen molar-refractivity contribution in [2.45, 2.75) is 69.2 Å². The molecule has 1 N–H and O–H groups in total. The van der Waals surface area contributed by atoms with Gasteiger partial charge in [-0.2, -0.15) is 0 Å². The van der Waals surface area contributed by atoms with Gasteiger partial charge in [-0.25, -0.2) is 0 Å². The first-order valence-corrected chi connectivity index (χ1v) is 9.06. The molecule has 0 bridgehead atoms. The zero-order chi connectivity index (χ0) is 13.9. The van der Waals surface area contributed by atoms with Crippen LogP contribution in [0.4, 0.5) is 0 Å². The molecule has 0 aromatic carbocycles. The van der Waals surface area contributed by atoms with Crippen molar-refractivity contribution in [3.63, 3.8) is 0 Å². The summed E-state index contributed by atoms with van der Waals surface area (Å²) in [7, 11) is 0. The summed E-state index contributed by atoms with van der Waals surface area (Å²) in [5, 5.41) is 3.27. The molecule has 1 aromatic rings. The summed E-state index contributed by atoms with van der Waals surface area (Å²) >= 11 is 8.09. The third kappa shape index (κ3) is 3.20. The summed E-state index contributed by atoms with van der Waals surface area (Å²) in [6, 6.07) is 2.25. The molecule has 4 heteroatoms. The number of rotatable bonds is 2. The fourth-order valence-electron chi connectivity index (χ4n) is 3.27. The predicted octanol–water partition coefficient (Wildman–Crippen LogP) is 4.30. The fraction of sp³-hybridized carbons (Fsp3) is 0.688. The number of halogens is 1. The summed E-state index contributed by atoms with van der Waals surface area (Å²) < 4.78 is 0. The van der Waals surface area contributed by atoms with Gasteiger partial charge < -0.3 is 5.32 Å². The number of fused-ring (bicyclic) bond motifs is 1. The Balaban J connectivity index is 1.67. The fourth-order valence-corrected chi connectivity index (χ4v) is 4.77. The van der Waals surface area contributed by atoms with Crippen LogP contribution in [0.1, 0.15) is 65.1 Å². The lowest BCUT2D eigenvalue weighted by atomic mass is 9.99. The molecular weight excluding hydrogens is 290 g/mol. The summed E-state index contributed by atoms with van der Waals surface area (Å²) in [6.07, 6.45) is 10.5. The van der Waals surface area contributed by atoms with E-state index in [0.717, 1.165) is 30.6 Å². The molecule has 3 rings (SSSR count). The van der Waals surface area contributed by atoms with Crippen molar-refractivity contribution in [3.8, 4) is 0 Å². The summed E-state index contributed by atoms with van der Waals surface area (Å²) in [5.74, 6) is 0.0851. The van der Waals surface area contributed by atoms with E-state index in [0.29, 0.717) is 0 Å². The van der Waals surface area contributed by atoms with Gasteiger partial charge in [-0.3, -0.25) is 4.79 Å². The second kappa shape index (κ2) is 6.48. The molecule has 2 atom stereocenters. The van der Waals surface area contributed by atoms with Gasteiger partial charge in [-0.15, -0.1) is 22.9 Å². The molecule has 1 fully saturated rings. The van der Waals surface area contributed by atoms with Gasteiger partial charge in [0.15, 0.2) is 0 Å². The van der Waals surface area contributed by atoms with Crippen molar-refractivity contribution < 1.29 is 4.79 Å². The molecule has 0 spiro atoms. The normalized spacial score (nSPS) is 26.6. The number of aryl methyl sites for hydroxylation is 2. The number of thiophene rings is 1. The summed E-state index contributed by atoms with van der Waals surface area (Å²) in [4.78, 5) is 14.7. The maximum Gasteiger partial charge on any atom is 0.261 e. The van der Waals surface area contributed by atoms with E-state index in [1.54, 1.807) is 11.3 Å². The number of hydrogen-bond acceptors (Lipinski definition) is 2. The van der Waals surface area contributed by atoms with Gasteiger partial charge in [0, 0.05) is 10.9 Å². The number of alkyl halides is 1. The molecule has 2 aliphatic rings. The van der Waals surface area contributed by atoms with E-state index in [4.69, 9.17) is 11.6 Å². The van der Waals surface area contributed by atoms with Gasteiger partial charge in [0.1, 0.15) is 0 Å². The minimum Gasteiger partial charge on any atom is -0.347 e. The van der Waals surface area contributed by atoms with Crippen molar-refractivity contribution in [1.82, 2.24) is 5.32 Å². The van der Waals surface area contributed by atoms with Crippen LogP contribution in [0, 0.1) is 0 Å². The number of hydrogen-bond donors (Lipinski definition) is 1. The van der Waals surface area contributed by atoms with E-state index in [-0.39, 0.29) is 17.3 Å². The van der Waals surface area contributed by atoms with Gasteiger partial charge in [0.25, 0.3) is 5.91 Å². The van der Waals surface area contributed by atoms with Crippen LogP contribution >= 0.6 is 22.9 Å². The van der Waals surface area contributed by atoms with Crippen molar-refractivity contribution in [1.29, 1.82) is 0 Å². The lowest BCUT2D eigenvalue weighted by Gasteiger charge is -2.20. The first-order valence-electron chi connectivity index (χ1n) is 7.80. The van der Waals surface area contributed by atoms with E-state index in [1.165, 1.54) is 42.5 Å². The highest BCUT2D eigenvalue weighted by molar-refractivity contribution is 7.14. The van der Waals surface area contributed by atoms with Crippen molar-refractivity contribution >= 4 is 28.8 Å². The Hall–Kier alpha value is -0.540. The molecule has 1 heterocycles. The number of carbonyl (C=O) groups is 1. The van der Waals surface area contributed by atoms with Gasteiger partial charge in [0.2, 0.25) is 0 Å². The Labute approximate surface area is 129 Å². The molecule has 1 saturated carbocycles. The molecule has 2 aliphatic carbocycles. The number of amides is 1. The molecule has 110 valence electrons. The molecule has 2 unspecified atom stereocenters.